The Bertz CT molecular complexity index is 1310. The smallest absolute Gasteiger partial charge is 0.267 e. The molecule has 1 aromatic carbocycles. The number of carbonyl (C=O) groups is 2. The average molecular weight is 559 g/mol. The van der Waals surface area contributed by atoms with Crippen LogP contribution < -0.4 is 15.6 Å². The van der Waals surface area contributed by atoms with E-state index in [0.717, 1.165) is 11.3 Å². The van der Waals surface area contributed by atoms with Gasteiger partial charge >= 0.3 is 0 Å². The van der Waals surface area contributed by atoms with Crippen molar-refractivity contribution >= 4 is 60.3 Å². The van der Waals surface area contributed by atoms with Gasteiger partial charge in [-0.3, -0.25) is 14.3 Å². The van der Waals surface area contributed by atoms with Crippen molar-refractivity contribution < 1.29 is 14.0 Å². The van der Waals surface area contributed by atoms with Crippen molar-refractivity contribution in [1.82, 2.24) is 9.78 Å². The van der Waals surface area contributed by atoms with Crippen molar-refractivity contribution in [2.75, 3.05) is 28.8 Å². The fourth-order valence-corrected chi connectivity index (χ4v) is 5.08. The molecule has 37 heavy (non-hydrogen) atoms. The van der Waals surface area contributed by atoms with Crippen molar-refractivity contribution in [3.8, 4) is 0 Å². The molecule has 9 nitrogen and oxygen atoms in total. The van der Waals surface area contributed by atoms with Crippen molar-refractivity contribution in [3.05, 3.63) is 68.9 Å². The number of halogens is 1. The molecule has 196 valence electrons. The minimum atomic E-state index is -1.89. The third-order valence-electron chi connectivity index (χ3n) is 6.22. The van der Waals surface area contributed by atoms with Crippen LogP contribution in [-0.2, 0) is 11.5 Å². The Morgan fingerprint density at radius 3 is 2.41 bits per heavy atom. The Balaban J connectivity index is 1.63. The predicted octanol–water partition coefficient (Wildman–Crippen LogP) is 6.30. The van der Waals surface area contributed by atoms with Gasteiger partial charge in [0.25, 0.3) is 11.8 Å². The van der Waals surface area contributed by atoms with E-state index in [-0.39, 0.29) is 16.4 Å². The molecule has 0 saturated heterocycles. The molecule has 2 N–H and O–H groups in total. The van der Waals surface area contributed by atoms with Crippen LogP contribution in [0.25, 0.3) is 4.95 Å². The molecule has 0 fully saturated rings. The van der Waals surface area contributed by atoms with E-state index in [9.17, 15) is 9.59 Å². The van der Waals surface area contributed by atoms with Crippen LogP contribution in [0.5, 0.6) is 0 Å². The molecule has 0 saturated carbocycles. The van der Waals surface area contributed by atoms with Crippen molar-refractivity contribution in [2.45, 2.75) is 38.9 Å². The summed E-state index contributed by atoms with van der Waals surface area (Å²) in [6.45, 7) is 19.4. The number of benzene rings is 1. The number of aryl methyl sites for hydroxylation is 1. The normalized spacial score (nSPS) is 11.6. The number of hydrogen-bond donors (Lipinski definition) is 2. The molecular weight excluding hydrogens is 528 g/mol. The second-order valence-electron chi connectivity index (χ2n) is 9.96. The highest BCUT2D eigenvalue weighted by atomic mass is 35.5. The Hall–Kier alpha value is -3.17. The SMILES string of the molecule is [C-]#[N+]N(CCO[Si](C)(C)C(C)(C)C)c1ccc(NC(=O)c2cn(C)nc2NC(=O)c2ccc(Cl)s2)cc1. The summed E-state index contributed by atoms with van der Waals surface area (Å²) >= 11 is 7.05. The highest BCUT2D eigenvalue weighted by Gasteiger charge is 2.37. The summed E-state index contributed by atoms with van der Waals surface area (Å²) in [5.74, 6) is -0.678. The van der Waals surface area contributed by atoms with E-state index in [4.69, 9.17) is 22.6 Å². The minimum Gasteiger partial charge on any atom is -0.415 e. The van der Waals surface area contributed by atoms with E-state index in [2.05, 4.69) is 54.6 Å². The first-order valence-corrected chi connectivity index (χ1v) is 15.7. The first-order valence-electron chi connectivity index (χ1n) is 11.6. The number of carbonyl (C=O) groups excluding carboxylic acids is 2. The first kappa shape index (κ1) is 28.4. The monoisotopic (exact) mass is 558 g/mol. The Morgan fingerprint density at radius 1 is 1.16 bits per heavy atom. The molecular formula is C25H31ClN6O3SSi. The molecule has 3 aromatic rings. The zero-order valence-electron chi connectivity index (χ0n) is 21.8. The van der Waals surface area contributed by atoms with Crippen LogP contribution >= 0.6 is 22.9 Å². The number of nitrogens with zero attached hydrogens (tertiary/aromatic N) is 4. The molecule has 0 aliphatic carbocycles. The average Bonchev–Trinajstić information content (AvgIpc) is 3.42. The van der Waals surface area contributed by atoms with E-state index in [1.54, 1.807) is 48.5 Å². The van der Waals surface area contributed by atoms with Crippen molar-refractivity contribution in [3.63, 3.8) is 0 Å². The lowest BCUT2D eigenvalue weighted by Crippen LogP contribution is -2.42. The number of thiophene rings is 1. The second kappa shape index (κ2) is 11.5. The number of aromatic nitrogens is 2. The van der Waals surface area contributed by atoms with E-state index >= 15 is 0 Å². The molecule has 2 heterocycles. The number of amides is 2. The highest BCUT2D eigenvalue weighted by Crippen LogP contribution is 2.36. The van der Waals surface area contributed by atoms with Crippen molar-refractivity contribution in [1.29, 1.82) is 0 Å². The number of nitrogens with one attached hydrogen (secondary N) is 2. The Kier molecular flexibility index (Phi) is 8.81. The summed E-state index contributed by atoms with van der Waals surface area (Å²) in [6.07, 6.45) is 1.53. The fourth-order valence-electron chi connectivity index (χ4n) is 3.11. The fraction of sp³-hybridized carbons (Fsp3) is 0.360. The van der Waals surface area contributed by atoms with Crippen LogP contribution in [0.15, 0.2) is 42.6 Å². The second-order valence-corrected chi connectivity index (χ2v) is 16.5. The van der Waals surface area contributed by atoms with Crippen LogP contribution in [0.3, 0.4) is 0 Å². The molecule has 0 spiro atoms. The van der Waals surface area contributed by atoms with Gasteiger partial charge in [0.1, 0.15) is 17.8 Å². The molecule has 12 heteroatoms. The van der Waals surface area contributed by atoms with E-state index < -0.39 is 20.1 Å². The number of hydrogen-bond acceptors (Lipinski definition) is 6. The lowest BCUT2D eigenvalue weighted by molar-refractivity contribution is 0.102. The quantitative estimate of drug-likeness (QED) is 0.182. The molecule has 2 aromatic heterocycles. The minimum absolute atomic E-state index is 0.102. The van der Waals surface area contributed by atoms with Crippen molar-refractivity contribution in [2.24, 2.45) is 7.05 Å². The molecule has 0 aliphatic heterocycles. The third-order valence-corrected chi connectivity index (χ3v) is 12.0. The maximum absolute atomic E-state index is 13.0. The summed E-state index contributed by atoms with van der Waals surface area (Å²) in [6, 6.07) is 10.2. The molecule has 0 unspecified atom stereocenters. The summed E-state index contributed by atoms with van der Waals surface area (Å²) in [7, 11) is -0.228. The number of rotatable bonds is 9. The van der Waals surface area contributed by atoms with Crippen LogP contribution in [0.4, 0.5) is 17.2 Å². The summed E-state index contributed by atoms with van der Waals surface area (Å²) in [5.41, 5.74) is 1.46. The lowest BCUT2D eigenvalue weighted by Gasteiger charge is -2.36. The first-order chi connectivity index (χ1) is 17.3. The molecule has 0 bridgehead atoms. The molecule has 0 atom stereocenters. The van der Waals surface area contributed by atoms with Gasteiger partial charge in [-0.15, -0.1) is 11.3 Å². The van der Waals surface area contributed by atoms with Gasteiger partial charge < -0.3 is 15.1 Å². The van der Waals surface area contributed by atoms with E-state index in [1.807, 2.05) is 0 Å². The largest absolute Gasteiger partial charge is 0.415 e. The summed E-state index contributed by atoms with van der Waals surface area (Å²) in [5, 5.41) is 11.3. The van der Waals surface area contributed by atoms with Gasteiger partial charge in [0.05, 0.1) is 15.8 Å². The van der Waals surface area contributed by atoms with Gasteiger partial charge in [0.2, 0.25) is 0 Å². The van der Waals surface area contributed by atoms with Gasteiger partial charge in [-0.2, -0.15) is 16.6 Å². The standard InChI is InChI=1S/C25H31ClN6O3SSi/c1-25(2,3)37(6,7)35-15-14-32(27-4)18-10-8-17(9-11-18)28-23(33)19-16-31(5)30-22(19)29-24(34)20-12-13-21(26)36-20/h8-13,16H,14-15H2,1-3,5-7H3,(H,28,33)(H,29,30,34). The zero-order valence-corrected chi connectivity index (χ0v) is 24.3. The topological polar surface area (TPSA) is 92.8 Å². The summed E-state index contributed by atoms with van der Waals surface area (Å²) in [4.78, 5) is 29.5. The summed E-state index contributed by atoms with van der Waals surface area (Å²) < 4.78 is 8.14. The van der Waals surface area contributed by atoms with E-state index in [1.165, 1.54) is 10.9 Å². The lowest BCUT2D eigenvalue weighted by atomic mass is 10.2. The van der Waals surface area contributed by atoms with Gasteiger partial charge in [-0.1, -0.05) is 37.4 Å². The van der Waals surface area contributed by atoms with Crippen LogP contribution in [0.1, 0.15) is 40.8 Å². The molecule has 0 radical (unpaired) electrons. The van der Waals surface area contributed by atoms with Gasteiger partial charge in [-0.05, 0) is 54.5 Å². The zero-order chi connectivity index (χ0) is 27.4. The molecule has 3 rings (SSSR count). The van der Waals surface area contributed by atoms with Gasteiger partial charge in [-0.25, -0.2) is 0 Å². The van der Waals surface area contributed by atoms with Crippen LogP contribution in [-0.4, -0.2) is 43.1 Å². The van der Waals surface area contributed by atoms with Crippen LogP contribution in [0.2, 0.25) is 22.5 Å². The van der Waals surface area contributed by atoms with Gasteiger partial charge in [0.15, 0.2) is 14.1 Å². The van der Waals surface area contributed by atoms with E-state index in [0.29, 0.717) is 33.7 Å². The highest BCUT2D eigenvalue weighted by molar-refractivity contribution is 7.18. The Morgan fingerprint density at radius 2 is 1.84 bits per heavy atom. The maximum atomic E-state index is 13.0. The van der Waals surface area contributed by atoms with Gasteiger partial charge in [0, 0.05) is 18.9 Å². The maximum Gasteiger partial charge on any atom is 0.267 e. The third kappa shape index (κ3) is 7.20. The van der Waals surface area contributed by atoms with Crippen LogP contribution in [0, 0.1) is 6.57 Å². The molecule has 0 aliphatic rings. The predicted molar refractivity (Wildman–Crippen MR) is 152 cm³/mol. The molecule has 2 amide bonds. The Labute approximate surface area is 227 Å². The number of anilines is 3.